The molecule has 102 valence electrons. The zero-order valence-corrected chi connectivity index (χ0v) is 11.8. The molecule has 2 aromatic heterocycles. The summed E-state index contributed by atoms with van der Waals surface area (Å²) in [7, 11) is 1.96. The van der Waals surface area contributed by atoms with Crippen LogP contribution in [0.15, 0.2) is 53.1 Å². The van der Waals surface area contributed by atoms with Crippen molar-refractivity contribution in [2.75, 3.05) is 7.05 Å². The highest BCUT2D eigenvalue weighted by atomic mass is 16.3. The lowest BCUT2D eigenvalue weighted by molar-refractivity contribution is 0.431. The molecule has 0 aliphatic carbocycles. The first kappa shape index (κ1) is 12.9. The molecule has 0 amide bonds. The van der Waals surface area contributed by atoms with Gasteiger partial charge in [-0.3, -0.25) is 4.98 Å². The van der Waals surface area contributed by atoms with Crippen molar-refractivity contribution in [3.8, 4) is 11.3 Å². The second-order valence-corrected chi connectivity index (χ2v) is 4.83. The number of fused-ring (bicyclic) bond motifs is 1. The van der Waals surface area contributed by atoms with Crippen molar-refractivity contribution in [1.29, 1.82) is 0 Å². The van der Waals surface area contributed by atoms with Gasteiger partial charge in [0.15, 0.2) is 0 Å². The molecular formula is C17H18N2O. The number of nitrogens with zero attached hydrogens (tertiary/aromatic N) is 1. The Morgan fingerprint density at radius 1 is 1.15 bits per heavy atom. The van der Waals surface area contributed by atoms with Gasteiger partial charge in [0.1, 0.15) is 11.5 Å². The Hall–Kier alpha value is -2.13. The first-order valence-corrected chi connectivity index (χ1v) is 6.94. The van der Waals surface area contributed by atoms with Gasteiger partial charge in [-0.05, 0) is 37.7 Å². The Labute approximate surface area is 118 Å². The van der Waals surface area contributed by atoms with Crippen LogP contribution in [0.3, 0.4) is 0 Å². The molecule has 3 aromatic rings. The first-order valence-electron chi connectivity index (χ1n) is 6.94. The van der Waals surface area contributed by atoms with Gasteiger partial charge in [-0.15, -0.1) is 0 Å². The van der Waals surface area contributed by atoms with Gasteiger partial charge in [0.05, 0.1) is 11.6 Å². The molecule has 0 radical (unpaired) electrons. The van der Waals surface area contributed by atoms with Crippen LogP contribution in [0.5, 0.6) is 0 Å². The summed E-state index contributed by atoms with van der Waals surface area (Å²) < 4.78 is 6.03. The number of hydrogen-bond donors (Lipinski definition) is 1. The average Bonchev–Trinajstić information content (AvgIpc) is 2.97. The van der Waals surface area contributed by atoms with E-state index in [0.717, 1.165) is 34.4 Å². The Morgan fingerprint density at radius 3 is 2.85 bits per heavy atom. The molecule has 0 bridgehead atoms. The predicted molar refractivity (Wildman–Crippen MR) is 81.5 cm³/mol. The van der Waals surface area contributed by atoms with Gasteiger partial charge < -0.3 is 9.73 Å². The van der Waals surface area contributed by atoms with E-state index >= 15 is 0 Å². The predicted octanol–water partition coefficient (Wildman–Crippen LogP) is 4.17. The second kappa shape index (κ2) is 5.47. The highest BCUT2D eigenvalue weighted by Gasteiger charge is 2.13. The van der Waals surface area contributed by atoms with E-state index in [4.69, 9.17) is 4.42 Å². The molecule has 0 spiro atoms. The zero-order chi connectivity index (χ0) is 13.9. The normalized spacial score (nSPS) is 12.7. The summed E-state index contributed by atoms with van der Waals surface area (Å²) in [5, 5.41) is 4.38. The van der Waals surface area contributed by atoms with E-state index in [2.05, 4.69) is 35.4 Å². The van der Waals surface area contributed by atoms with Gasteiger partial charge in [-0.25, -0.2) is 0 Å². The van der Waals surface area contributed by atoms with E-state index in [0.29, 0.717) is 0 Å². The van der Waals surface area contributed by atoms with Crippen LogP contribution in [0.25, 0.3) is 22.2 Å². The fourth-order valence-corrected chi connectivity index (χ4v) is 2.55. The Balaban J connectivity index is 2.08. The van der Waals surface area contributed by atoms with E-state index in [1.165, 1.54) is 0 Å². The largest absolute Gasteiger partial charge is 0.459 e. The molecule has 0 fully saturated rings. The first-order chi connectivity index (χ1) is 9.83. The van der Waals surface area contributed by atoms with Crippen molar-refractivity contribution < 1.29 is 4.42 Å². The number of benzene rings is 1. The van der Waals surface area contributed by atoms with Crippen molar-refractivity contribution >= 4 is 10.9 Å². The third-order valence-corrected chi connectivity index (χ3v) is 3.64. The summed E-state index contributed by atoms with van der Waals surface area (Å²) in [5.74, 6) is 1.87. The van der Waals surface area contributed by atoms with E-state index in [9.17, 15) is 0 Å². The lowest BCUT2D eigenvalue weighted by Crippen LogP contribution is -2.14. The monoisotopic (exact) mass is 266 g/mol. The summed E-state index contributed by atoms with van der Waals surface area (Å²) in [6, 6.07) is 14.5. The van der Waals surface area contributed by atoms with Crippen LogP contribution in [-0.4, -0.2) is 12.0 Å². The van der Waals surface area contributed by atoms with Gasteiger partial charge in [-0.1, -0.05) is 25.1 Å². The molecule has 0 saturated heterocycles. The van der Waals surface area contributed by atoms with Crippen LogP contribution in [0.2, 0.25) is 0 Å². The minimum atomic E-state index is 0.261. The van der Waals surface area contributed by atoms with Crippen molar-refractivity contribution in [2.24, 2.45) is 0 Å². The Bertz CT molecular complexity index is 708. The van der Waals surface area contributed by atoms with E-state index < -0.39 is 0 Å². The number of pyridine rings is 1. The minimum Gasteiger partial charge on any atom is -0.459 e. The molecule has 3 rings (SSSR count). The number of rotatable bonds is 4. The summed E-state index contributed by atoms with van der Waals surface area (Å²) in [6.45, 7) is 2.14. The van der Waals surface area contributed by atoms with Gasteiger partial charge in [-0.2, -0.15) is 0 Å². The molecule has 2 heterocycles. The molecule has 3 heteroatoms. The van der Waals surface area contributed by atoms with Crippen LogP contribution in [-0.2, 0) is 0 Å². The number of hydrogen-bond acceptors (Lipinski definition) is 3. The van der Waals surface area contributed by atoms with Gasteiger partial charge >= 0.3 is 0 Å². The molecule has 1 N–H and O–H groups in total. The number of nitrogens with one attached hydrogen (secondary N) is 1. The Morgan fingerprint density at radius 2 is 2.05 bits per heavy atom. The number of furan rings is 1. The molecule has 20 heavy (non-hydrogen) atoms. The van der Waals surface area contributed by atoms with Crippen molar-refractivity contribution in [3.05, 3.63) is 54.4 Å². The SMILES string of the molecule is CCC(NC)c1ccc(-c2cccc3ncccc23)o1. The summed E-state index contributed by atoms with van der Waals surface area (Å²) in [4.78, 5) is 4.39. The molecule has 1 aromatic carbocycles. The van der Waals surface area contributed by atoms with Crippen LogP contribution in [0.1, 0.15) is 25.1 Å². The second-order valence-electron chi connectivity index (χ2n) is 4.83. The molecule has 0 aliphatic heterocycles. The molecule has 3 nitrogen and oxygen atoms in total. The van der Waals surface area contributed by atoms with Crippen LogP contribution in [0.4, 0.5) is 0 Å². The van der Waals surface area contributed by atoms with E-state index in [-0.39, 0.29) is 6.04 Å². The fraction of sp³-hybridized carbons (Fsp3) is 0.235. The third-order valence-electron chi connectivity index (χ3n) is 3.64. The Kier molecular flexibility index (Phi) is 3.52. The van der Waals surface area contributed by atoms with Gasteiger partial charge in [0.25, 0.3) is 0 Å². The molecule has 0 aliphatic rings. The highest BCUT2D eigenvalue weighted by Crippen LogP contribution is 2.31. The van der Waals surface area contributed by atoms with Gasteiger partial charge in [0, 0.05) is 17.1 Å². The summed E-state index contributed by atoms with van der Waals surface area (Å²) in [6.07, 6.45) is 2.81. The van der Waals surface area contributed by atoms with Gasteiger partial charge in [0.2, 0.25) is 0 Å². The lowest BCUT2D eigenvalue weighted by atomic mass is 10.1. The smallest absolute Gasteiger partial charge is 0.135 e. The minimum absolute atomic E-state index is 0.261. The maximum absolute atomic E-state index is 6.03. The summed E-state index contributed by atoms with van der Waals surface area (Å²) in [5.41, 5.74) is 2.08. The quantitative estimate of drug-likeness (QED) is 0.770. The van der Waals surface area contributed by atoms with Crippen molar-refractivity contribution in [2.45, 2.75) is 19.4 Å². The standard InChI is InChI=1S/C17H18N2O/c1-3-14(18-2)17-10-9-16(20-17)13-6-4-8-15-12(13)7-5-11-19-15/h4-11,14,18H,3H2,1-2H3. The topological polar surface area (TPSA) is 38.1 Å². The number of aromatic nitrogens is 1. The van der Waals surface area contributed by atoms with Crippen LogP contribution in [0, 0.1) is 0 Å². The highest BCUT2D eigenvalue weighted by molar-refractivity contribution is 5.93. The fourth-order valence-electron chi connectivity index (χ4n) is 2.55. The van der Waals surface area contributed by atoms with E-state index in [1.807, 2.05) is 37.5 Å². The maximum Gasteiger partial charge on any atom is 0.135 e. The van der Waals surface area contributed by atoms with E-state index in [1.54, 1.807) is 0 Å². The molecule has 1 atom stereocenters. The molecule has 0 saturated carbocycles. The summed E-state index contributed by atoms with van der Waals surface area (Å²) >= 11 is 0. The lowest BCUT2D eigenvalue weighted by Gasteiger charge is -2.10. The maximum atomic E-state index is 6.03. The average molecular weight is 266 g/mol. The van der Waals surface area contributed by atoms with Crippen LogP contribution >= 0.6 is 0 Å². The zero-order valence-electron chi connectivity index (χ0n) is 11.8. The third kappa shape index (κ3) is 2.21. The molecule has 1 unspecified atom stereocenters. The van der Waals surface area contributed by atoms with Crippen molar-refractivity contribution in [1.82, 2.24) is 10.3 Å². The van der Waals surface area contributed by atoms with Crippen LogP contribution < -0.4 is 5.32 Å². The molecular weight excluding hydrogens is 248 g/mol. The van der Waals surface area contributed by atoms with Crippen molar-refractivity contribution in [3.63, 3.8) is 0 Å².